The molecule has 5 rings (SSSR count). The summed E-state index contributed by atoms with van der Waals surface area (Å²) in [5.74, 6) is 0.978. The van der Waals surface area contributed by atoms with E-state index < -0.39 is 12.1 Å². The number of methoxy groups -OCH3 is 3. The van der Waals surface area contributed by atoms with E-state index in [4.69, 9.17) is 18.9 Å². The van der Waals surface area contributed by atoms with Gasteiger partial charge in [0.2, 0.25) is 5.91 Å². The number of benzene rings is 2. The number of amides is 3. The fourth-order valence-corrected chi connectivity index (χ4v) is 6.10. The molecule has 0 spiro atoms. The van der Waals surface area contributed by atoms with Crippen LogP contribution in [-0.2, 0) is 29.1 Å². The van der Waals surface area contributed by atoms with Crippen LogP contribution in [0.1, 0.15) is 48.0 Å². The van der Waals surface area contributed by atoms with Gasteiger partial charge in [-0.2, -0.15) is 0 Å². The van der Waals surface area contributed by atoms with Crippen molar-refractivity contribution in [3.8, 4) is 23.0 Å². The molecule has 2 aromatic carbocycles. The van der Waals surface area contributed by atoms with Crippen molar-refractivity contribution in [2.24, 2.45) is 5.92 Å². The maximum Gasteiger partial charge on any atom is 0.266 e. The quantitative estimate of drug-likeness (QED) is 0.393. The van der Waals surface area contributed by atoms with Crippen LogP contribution in [0, 0.1) is 5.92 Å². The van der Waals surface area contributed by atoms with Crippen molar-refractivity contribution in [2.75, 3.05) is 41.0 Å². The van der Waals surface area contributed by atoms with E-state index in [0.717, 1.165) is 16.8 Å². The molecule has 2 aliphatic rings. The van der Waals surface area contributed by atoms with Crippen LogP contribution >= 0.6 is 0 Å². The number of hydrogen-bond acceptors (Lipinski definition) is 9. The normalized spacial score (nSPS) is 20.5. The van der Waals surface area contributed by atoms with Gasteiger partial charge in [0.25, 0.3) is 11.8 Å². The SMILES string of the molecule is COc1cc2c(cc1OC)CN(C(=O)[C@@H]1Oc3cc(ccc3OC)C(=O)N[C@@H](C(C)C)CN(Cc3ccccn3)CC(=O)N[C@H]1C)CC2. The maximum absolute atomic E-state index is 14.3. The summed E-state index contributed by atoms with van der Waals surface area (Å²) in [4.78, 5) is 49.7. The summed E-state index contributed by atoms with van der Waals surface area (Å²) in [7, 11) is 4.67. The van der Waals surface area contributed by atoms with Crippen LogP contribution in [-0.4, -0.2) is 91.7 Å². The van der Waals surface area contributed by atoms with Crippen molar-refractivity contribution >= 4 is 17.7 Å². The highest BCUT2D eigenvalue weighted by Crippen LogP contribution is 2.34. The third kappa shape index (κ3) is 7.99. The standard InChI is InChI=1S/C36H45N5O7/c1-22(2)28-20-40(19-27-9-7-8-13-37-27)21-33(42)38-23(3)34(48-32-16-25(35(43)39-28)10-11-29(32)45-4)36(44)41-14-12-24-15-30(46-5)31(47-6)17-26(24)18-41/h7-11,13,15-17,22-23,28,34H,12,14,18-21H2,1-6H3,(H,38,42)(H,39,43)/t23-,28+,34+/m0/s1. The number of carbonyl (C=O) groups is 3. The van der Waals surface area contributed by atoms with Crippen LogP contribution in [0.4, 0.5) is 0 Å². The number of hydrogen-bond donors (Lipinski definition) is 2. The van der Waals surface area contributed by atoms with Crippen LogP contribution in [0.2, 0.25) is 0 Å². The molecule has 2 N–H and O–H groups in total. The van der Waals surface area contributed by atoms with Gasteiger partial charge in [-0.1, -0.05) is 19.9 Å². The smallest absolute Gasteiger partial charge is 0.266 e. The Morgan fingerprint density at radius 3 is 2.35 bits per heavy atom. The molecule has 3 amide bonds. The summed E-state index contributed by atoms with van der Waals surface area (Å²) >= 11 is 0. The summed E-state index contributed by atoms with van der Waals surface area (Å²) in [6.45, 7) is 7.40. The Balaban J connectivity index is 1.49. The van der Waals surface area contributed by atoms with Gasteiger partial charge in [-0.3, -0.25) is 24.3 Å². The van der Waals surface area contributed by atoms with E-state index in [1.54, 1.807) is 50.4 Å². The molecule has 2 bridgehead atoms. The maximum atomic E-state index is 14.3. The largest absolute Gasteiger partial charge is 0.493 e. The summed E-state index contributed by atoms with van der Waals surface area (Å²) in [6, 6.07) is 13.4. The highest BCUT2D eigenvalue weighted by atomic mass is 16.5. The monoisotopic (exact) mass is 659 g/mol. The Kier molecular flexibility index (Phi) is 11.0. The predicted octanol–water partition coefficient (Wildman–Crippen LogP) is 3.21. The molecule has 2 aliphatic heterocycles. The summed E-state index contributed by atoms with van der Waals surface area (Å²) < 4.78 is 23.0. The fraction of sp³-hybridized carbons (Fsp3) is 0.444. The molecule has 3 atom stereocenters. The van der Waals surface area contributed by atoms with E-state index in [0.29, 0.717) is 55.4 Å². The number of rotatable bonds is 7. The van der Waals surface area contributed by atoms with E-state index in [1.165, 1.54) is 7.11 Å². The van der Waals surface area contributed by atoms with Gasteiger partial charge in [-0.15, -0.1) is 0 Å². The molecule has 1 aromatic heterocycles. The zero-order valence-electron chi connectivity index (χ0n) is 28.4. The zero-order valence-corrected chi connectivity index (χ0v) is 28.4. The Morgan fingerprint density at radius 2 is 1.69 bits per heavy atom. The minimum atomic E-state index is -1.13. The zero-order chi connectivity index (χ0) is 34.4. The summed E-state index contributed by atoms with van der Waals surface area (Å²) in [5.41, 5.74) is 3.16. The van der Waals surface area contributed by atoms with E-state index in [-0.39, 0.29) is 42.0 Å². The first-order valence-electron chi connectivity index (χ1n) is 16.2. The number of nitrogens with zero attached hydrogens (tertiary/aromatic N) is 3. The van der Waals surface area contributed by atoms with Gasteiger partial charge in [0.15, 0.2) is 29.1 Å². The Bertz CT molecular complexity index is 1620. The first-order valence-corrected chi connectivity index (χ1v) is 16.2. The van der Waals surface area contributed by atoms with Gasteiger partial charge in [0.1, 0.15) is 0 Å². The molecular formula is C36H45N5O7. The molecular weight excluding hydrogens is 614 g/mol. The van der Waals surface area contributed by atoms with Crippen molar-refractivity contribution < 1.29 is 33.3 Å². The van der Waals surface area contributed by atoms with E-state index in [1.807, 2.05) is 49.1 Å². The minimum absolute atomic E-state index is 0.0221. The number of fused-ring (bicyclic) bond motifs is 3. The van der Waals surface area contributed by atoms with Crippen LogP contribution < -0.4 is 29.6 Å². The third-order valence-corrected chi connectivity index (χ3v) is 8.85. The Labute approximate surface area is 281 Å². The average Bonchev–Trinajstić information content (AvgIpc) is 3.08. The van der Waals surface area contributed by atoms with Crippen LogP contribution in [0.15, 0.2) is 54.7 Å². The molecule has 0 saturated carbocycles. The first kappa shape index (κ1) is 34.5. The minimum Gasteiger partial charge on any atom is -0.493 e. The number of pyridine rings is 1. The summed E-state index contributed by atoms with van der Waals surface area (Å²) in [5, 5.41) is 6.18. The van der Waals surface area contributed by atoms with Gasteiger partial charge in [0.05, 0.1) is 39.6 Å². The van der Waals surface area contributed by atoms with Gasteiger partial charge >= 0.3 is 0 Å². The van der Waals surface area contributed by atoms with Crippen LogP contribution in [0.3, 0.4) is 0 Å². The van der Waals surface area contributed by atoms with E-state index in [9.17, 15) is 14.4 Å². The second-order valence-corrected chi connectivity index (χ2v) is 12.6. The third-order valence-electron chi connectivity index (χ3n) is 8.85. The molecule has 0 radical (unpaired) electrons. The lowest BCUT2D eigenvalue weighted by molar-refractivity contribution is -0.141. The predicted molar refractivity (Wildman–Crippen MR) is 179 cm³/mol. The lowest BCUT2D eigenvalue weighted by Crippen LogP contribution is -2.55. The van der Waals surface area contributed by atoms with Crippen LogP contribution in [0.5, 0.6) is 23.0 Å². The van der Waals surface area contributed by atoms with Crippen LogP contribution in [0.25, 0.3) is 0 Å². The molecule has 0 aliphatic carbocycles. The van der Waals surface area contributed by atoms with Gasteiger partial charge in [-0.25, -0.2) is 0 Å². The molecule has 0 saturated heterocycles. The molecule has 3 heterocycles. The first-order chi connectivity index (χ1) is 23.1. The molecule has 48 heavy (non-hydrogen) atoms. The van der Waals surface area contributed by atoms with Crippen molar-refractivity contribution in [3.63, 3.8) is 0 Å². The van der Waals surface area contributed by atoms with Gasteiger partial charge in [0, 0.05) is 44.0 Å². The van der Waals surface area contributed by atoms with Gasteiger partial charge in [-0.05, 0) is 72.9 Å². The fourth-order valence-electron chi connectivity index (χ4n) is 6.10. The van der Waals surface area contributed by atoms with Crippen molar-refractivity contribution in [1.29, 1.82) is 0 Å². The van der Waals surface area contributed by atoms with E-state index in [2.05, 4.69) is 15.6 Å². The number of nitrogens with one attached hydrogen (secondary N) is 2. The molecule has 0 fully saturated rings. The Morgan fingerprint density at radius 1 is 0.958 bits per heavy atom. The molecule has 256 valence electrons. The average molecular weight is 660 g/mol. The molecule has 3 aromatic rings. The van der Waals surface area contributed by atoms with Crippen molar-refractivity contribution in [1.82, 2.24) is 25.4 Å². The molecule has 12 nitrogen and oxygen atoms in total. The number of ether oxygens (including phenoxy) is 4. The Hall–Kier alpha value is -4.84. The second kappa shape index (κ2) is 15.4. The van der Waals surface area contributed by atoms with E-state index >= 15 is 0 Å². The van der Waals surface area contributed by atoms with Crippen molar-refractivity contribution in [2.45, 2.75) is 58.5 Å². The lowest BCUT2D eigenvalue weighted by Gasteiger charge is -2.35. The summed E-state index contributed by atoms with van der Waals surface area (Å²) in [6.07, 6.45) is 1.19. The number of aromatic nitrogens is 1. The highest BCUT2D eigenvalue weighted by Gasteiger charge is 2.36. The topological polar surface area (TPSA) is 132 Å². The van der Waals surface area contributed by atoms with Gasteiger partial charge < -0.3 is 34.5 Å². The van der Waals surface area contributed by atoms with Crippen molar-refractivity contribution in [3.05, 3.63) is 77.1 Å². The second-order valence-electron chi connectivity index (χ2n) is 12.6. The number of carbonyl (C=O) groups excluding carboxylic acids is 3. The highest BCUT2D eigenvalue weighted by molar-refractivity contribution is 5.95. The molecule has 12 heteroatoms. The lowest BCUT2D eigenvalue weighted by atomic mass is 9.97. The molecule has 0 unspecified atom stereocenters.